The van der Waals surface area contributed by atoms with Crippen molar-refractivity contribution in [1.82, 2.24) is 9.62 Å². The molecule has 0 spiro atoms. The smallest absolute Gasteiger partial charge is 0.408 e. The van der Waals surface area contributed by atoms with Crippen molar-refractivity contribution >= 4 is 39.4 Å². The normalized spacial score (nSPS) is 12.8. The first-order chi connectivity index (χ1) is 15.8. The van der Waals surface area contributed by atoms with Crippen LogP contribution in [0.3, 0.4) is 0 Å². The molecule has 0 saturated heterocycles. The van der Waals surface area contributed by atoms with Crippen molar-refractivity contribution in [3.05, 3.63) is 42.3 Å². The molecule has 0 saturated carbocycles. The zero-order valence-electron chi connectivity index (χ0n) is 21.6. The number of thiocarbonyl (C=S) groups is 1. The average Bonchev–Trinajstić information content (AvgIpc) is 2.67. The molecule has 0 aliphatic carbocycles. The van der Waals surface area contributed by atoms with Gasteiger partial charge >= 0.3 is 12.1 Å². The Morgan fingerprint density at radius 3 is 2.06 bits per heavy atom. The number of rotatable bonds is 9. The summed E-state index contributed by atoms with van der Waals surface area (Å²) in [6.45, 7) is 15.8. The molecule has 11 heteroatoms. The number of nitrogens with zero attached hydrogens (tertiary/aromatic N) is 1. The van der Waals surface area contributed by atoms with Gasteiger partial charge in [-0.2, -0.15) is 0 Å². The van der Waals surface area contributed by atoms with Crippen LogP contribution in [0.5, 0.6) is 0 Å². The van der Waals surface area contributed by atoms with E-state index in [1.54, 1.807) is 53.7 Å². The molecule has 1 aromatic carbocycles. The summed E-state index contributed by atoms with van der Waals surface area (Å²) >= 11 is 5.32. The summed E-state index contributed by atoms with van der Waals surface area (Å²) in [7, 11) is -2.68. The number of carbonyl (C=O) groups is 2. The van der Waals surface area contributed by atoms with Crippen LogP contribution in [0.15, 0.2) is 41.6 Å². The van der Waals surface area contributed by atoms with Gasteiger partial charge in [0.15, 0.2) is 5.05 Å². The molecule has 0 aliphatic heterocycles. The zero-order valence-corrected chi connectivity index (χ0v) is 23.3. The molecule has 1 atom stereocenters. The van der Waals surface area contributed by atoms with Gasteiger partial charge < -0.3 is 19.5 Å². The zero-order chi connectivity index (χ0) is 27.2. The van der Waals surface area contributed by atoms with Crippen LogP contribution < -0.4 is 5.32 Å². The molecule has 196 valence electrons. The lowest BCUT2D eigenvalue weighted by atomic mass is 10.1. The summed E-state index contributed by atoms with van der Waals surface area (Å²) in [5.41, 5.74) is -0.540. The highest BCUT2D eigenvalue weighted by molar-refractivity contribution is 7.89. The number of sulfonamides is 1. The Labute approximate surface area is 213 Å². The fraction of sp³-hybridized carbons (Fsp3) is 0.542. The number of ether oxygens (including phenoxy) is 3. The molecule has 0 unspecified atom stereocenters. The van der Waals surface area contributed by atoms with Crippen LogP contribution in [0.2, 0.25) is 0 Å². The minimum atomic E-state index is -3.96. The van der Waals surface area contributed by atoms with Gasteiger partial charge in [0, 0.05) is 13.5 Å². The van der Waals surface area contributed by atoms with Gasteiger partial charge in [0.1, 0.15) is 17.2 Å². The number of aryl methyl sites for hydroxylation is 1. The number of benzene rings is 1. The Morgan fingerprint density at radius 1 is 1.06 bits per heavy atom. The number of hydrogen-bond donors (Lipinski definition) is 1. The van der Waals surface area contributed by atoms with E-state index in [0.717, 1.165) is 9.87 Å². The molecular formula is C24H36N2O7S2. The second kappa shape index (κ2) is 11.9. The molecule has 0 aromatic heterocycles. The number of amides is 1. The summed E-state index contributed by atoms with van der Waals surface area (Å²) in [5.74, 6) is -0.766. The fourth-order valence-electron chi connectivity index (χ4n) is 2.61. The van der Waals surface area contributed by atoms with Crippen molar-refractivity contribution in [2.24, 2.45) is 0 Å². The number of alkyl carbamates (subject to hydrolysis) is 1. The van der Waals surface area contributed by atoms with E-state index in [0.29, 0.717) is 0 Å². The van der Waals surface area contributed by atoms with Gasteiger partial charge in [-0.3, -0.25) is 4.79 Å². The molecule has 9 nitrogen and oxygen atoms in total. The van der Waals surface area contributed by atoms with Crippen molar-refractivity contribution in [3.63, 3.8) is 0 Å². The Hall–Kier alpha value is -2.66. The van der Waals surface area contributed by atoms with Crippen molar-refractivity contribution in [3.8, 4) is 0 Å². The first-order valence-corrected chi connectivity index (χ1v) is 12.8. The highest BCUT2D eigenvalue weighted by Crippen LogP contribution is 2.20. The third-order valence-corrected chi connectivity index (χ3v) is 6.44. The van der Waals surface area contributed by atoms with Crippen LogP contribution in [-0.4, -0.2) is 54.1 Å². The fourth-order valence-corrected chi connectivity index (χ4v) is 3.98. The van der Waals surface area contributed by atoms with Crippen LogP contribution in [0.25, 0.3) is 0 Å². The molecular weight excluding hydrogens is 492 g/mol. The molecule has 0 fully saturated rings. The van der Waals surface area contributed by atoms with Crippen molar-refractivity contribution in [2.75, 3.05) is 7.05 Å². The number of nitrogens with one attached hydrogen (secondary N) is 1. The lowest BCUT2D eigenvalue weighted by Crippen LogP contribution is -2.44. The van der Waals surface area contributed by atoms with E-state index in [1.807, 2.05) is 6.92 Å². The summed E-state index contributed by atoms with van der Waals surface area (Å²) < 4.78 is 42.8. The summed E-state index contributed by atoms with van der Waals surface area (Å²) in [4.78, 5) is 24.6. The van der Waals surface area contributed by atoms with E-state index in [4.69, 9.17) is 26.4 Å². The maximum absolute atomic E-state index is 12.9. The van der Waals surface area contributed by atoms with Gasteiger partial charge in [-0.1, -0.05) is 17.7 Å². The largest absolute Gasteiger partial charge is 0.460 e. The van der Waals surface area contributed by atoms with Gasteiger partial charge in [0.25, 0.3) is 10.0 Å². The standard InChI is InChI=1S/C24H36N2O7S2/c1-16-10-12-18(13-11-16)35(29,30)26(9)17(2)31-21(34)19(25-22(28)33-24(6,7)8)14-15-20(27)32-23(3,4)5/h10-13,19H,2,14-15H2,1,3-9H3,(H,25,28)/t19-/m0/s1. The minimum absolute atomic E-state index is 0.0364. The predicted molar refractivity (Wildman–Crippen MR) is 137 cm³/mol. The first-order valence-electron chi connectivity index (χ1n) is 11.0. The highest BCUT2D eigenvalue weighted by atomic mass is 32.2. The molecule has 1 amide bonds. The van der Waals surface area contributed by atoms with E-state index < -0.39 is 39.3 Å². The van der Waals surface area contributed by atoms with Gasteiger partial charge in [-0.05, 0) is 85.8 Å². The monoisotopic (exact) mass is 528 g/mol. The maximum Gasteiger partial charge on any atom is 0.408 e. The quantitative estimate of drug-likeness (QED) is 0.284. The number of esters is 1. The Kier molecular flexibility index (Phi) is 10.3. The molecule has 1 aromatic rings. The maximum atomic E-state index is 12.9. The lowest BCUT2D eigenvalue weighted by Gasteiger charge is -2.26. The van der Waals surface area contributed by atoms with Crippen molar-refractivity contribution in [2.45, 2.75) is 83.4 Å². The molecule has 1 N–H and O–H groups in total. The second-order valence-corrected chi connectivity index (χ2v) is 12.3. The molecule has 1 rings (SSSR count). The van der Waals surface area contributed by atoms with Crippen LogP contribution >= 0.6 is 12.2 Å². The Bertz CT molecular complexity index is 1040. The molecule has 0 heterocycles. The summed E-state index contributed by atoms with van der Waals surface area (Å²) in [5, 5.41) is 2.38. The SMILES string of the molecule is C=C(OC(=S)[C@H](CCC(=O)OC(C)(C)C)NC(=O)OC(C)(C)C)N(C)S(=O)(=O)c1ccc(C)cc1. The highest BCUT2D eigenvalue weighted by Gasteiger charge is 2.28. The molecule has 0 radical (unpaired) electrons. The topological polar surface area (TPSA) is 111 Å². The van der Waals surface area contributed by atoms with Gasteiger partial charge in [-0.15, -0.1) is 0 Å². The average molecular weight is 529 g/mol. The molecule has 0 aliphatic rings. The first kappa shape index (κ1) is 30.4. The van der Waals surface area contributed by atoms with Gasteiger partial charge in [0.2, 0.25) is 5.88 Å². The van der Waals surface area contributed by atoms with E-state index >= 15 is 0 Å². The minimum Gasteiger partial charge on any atom is -0.460 e. The van der Waals surface area contributed by atoms with E-state index in [-0.39, 0.29) is 28.7 Å². The summed E-state index contributed by atoms with van der Waals surface area (Å²) in [6.07, 6.45) is -0.816. The van der Waals surface area contributed by atoms with Crippen molar-refractivity contribution in [1.29, 1.82) is 0 Å². The van der Waals surface area contributed by atoms with Crippen LogP contribution in [0.1, 0.15) is 59.9 Å². The van der Waals surface area contributed by atoms with Gasteiger partial charge in [0.05, 0.1) is 4.90 Å². The lowest BCUT2D eigenvalue weighted by molar-refractivity contribution is -0.155. The van der Waals surface area contributed by atoms with Crippen LogP contribution in [0, 0.1) is 6.92 Å². The third-order valence-electron chi connectivity index (χ3n) is 4.28. The van der Waals surface area contributed by atoms with Crippen LogP contribution in [0.4, 0.5) is 4.79 Å². The van der Waals surface area contributed by atoms with E-state index in [2.05, 4.69) is 11.9 Å². The van der Waals surface area contributed by atoms with Crippen molar-refractivity contribution < 1.29 is 32.2 Å². The number of hydrogen-bond acceptors (Lipinski definition) is 8. The predicted octanol–water partition coefficient (Wildman–Crippen LogP) is 4.45. The third kappa shape index (κ3) is 10.6. The molecule has 0 bridgehead atoms. The summed E-state index contributed by atoms with van der Waals surface area (Å²) in [6, 6.07) is 5.33. The Morgan fingerprint density at radius 2 is 1.57 bits per heavy atom. The van der Waals surface area contributed by atoms with E-state index in [1.165, 1.54) is 19.2 Å². The number of carbonyl (C=O) groups excluding carboxylic acids is 2. The Balaban J connectivity index is 2.99. The van der Waals surface area contributed by atoms with Crippen LogP contribution in [-0.2, 0) is 29.0 Å². The molecule has 35 heavy (non-hydrogen) atoms. The van der Waals surface area contributed by atoms with Gasteiger partial charge in [-0.25, -0.2) is 17.5 Å². The van der Waals surface area contributed by atoms with E-state index in [9.17, 15) is 18.0 Å². The second-order valence-electron chi connectivity index (χ2n) is 9.92.